The van der Waals surface area contributed by atoms with E-state index in [0.29, 0.717) is 21.6 Å². The predicted octanol–water partition coefficient (Wildman–Crippen LogP) is 1.05. The van der Waals surface area contributed by atoms with Crippen molar-refractivity contribution < 1.29 is 4.79 Å². The topological polar surface area (TPSA) is 125 Å². The van der Waals surface area contributed by atoms with E-state index in [0.717, 1.165) is 40.6 Å². The molecule has 1 amide bonds. The van der Waals surface area contributed by atoms with Crippen LogP contribution in [-0.2, 0) is 25.3 Å². The van der Waals surface area contributed by atoms with Crippen molar-refractivity contribution in [2.75, 3.05) is 11.1 Å². The lowest BCUT2D eigenvalue weighted by molar-refractivity contribution is -0.113. The predicted molar refractivity (Wildman–Crippen MR) is 111 cm³/mol. The van der Waals surface area contributed by atoms with Gasteiger partial charge in [0.15, 0.2) is 5.65 Å². The van der Waals surface area contributed by atoms with Gasteiger partial charge in [0, 0.05) is 20.0 Å². The van der Waals surface area contributed by atoms with Gasteiger partial charge in [0.2, 0.25) is 11.0 Å². The maximum absolute atomic E-state index is 12.7. The van der Waals surface area contributed by atoms with Gasteiger partial charge in [-0.15, -0.1) is 10.2 Å². The van der Waals surface area contributed by atoms with Crippen LogP contribution in [0.25, 0.3) is 11.0 Å². The van der Waals surface area contributed by atoms with Crippen LogP contribution in [0, 0.1) is 0 Å². The number of nitrogens with zero attached hydrogens (tertiary/aromatic N) is 6. The van der Waals surface area contributed by atoms with E-state index in [1.165, 1.54) is 23.0 Å². The smallest absolute Gasteiger partial charge is 0.300 e. The Bertz CT molecular complexity index is 1230. The highest BCUT2D eigenvalue weighted by molar-refractivity contribution is 8.00. The number of amides is 1. The molecule has 0 saturated heterocycles. The molecule has 0 radical (unpaired) electrons. The first-order valence-corrected chi connectivity index (χ1v) is 10.9. The molecule has 0 bridgehead atoms. The van der Waals surface area contributed by atoms with Crippen LogP contribution < -0.4 is 16.6 Å². The maximum atomic E-state index is 12.7. The highest BCUT2D eigenvalue weighted by Gasteiger charge is 2.29. The quantitative estimate of drug-likeness (QED) is 0.452. The van der Waals surface area contributed by atoms with E-state index in [9.17, 15) is 14.4 Å². The molecule has 1 N–H and O–H groups in total. The summed E-state index contributed by atoms with van der Waals surface area (Å²) in [5.74, 6) is 0.625. The van der Waals surface area contributed by atoms with Gasteiger partial charge in [-0.05, 0) is 19.3 Å². The van der Waals surface area contributed by atoms with Crippen LogP contribution in [-0.4, -0.2) is 41.0 Å². The molecule has 0 atom stereocenters. The Labute approximate surface area is 173 Å². The average molecular weight is 434 g/mol. The van der Waals surface area contributed by atoms with Crippen molar-refractivity contribution in [2.24, 2.45) is 14.1 Å². The third-order valence-electron chi connectivity index (χ3n) is 4.58. The lowest BCUT2D eigenvalue weighted by Gasteiger charge is -2.11. The minimum Gasteiger partial charge on any atom is -0.300 e. The molecule has 152 valence electrons. The third-order valence-corrected chi connectivity index (χ3v) is 6.54. The molecule has 1 aliphatic carbocycles. The molecule has 1 aliphatic rings. The van der Waals surface area contributed by atoms with Crippen LogP contribution >= 0.6 is 23.1 Å². The molecule has 4 rings (SSSR count). The number of hydrogen-bond donors (Lipinski definition) is 1. The summed E-state index contributed by atoms with van der Waals surface area (Å²) in [5.41, 5.74) is -0.612. The summed E-state index contributed by atoms with van der Waals surface area (Å²) < 4.78 is 2.38. The van der Waals surface area contributed by atoms with Crippen molar-refractivity contribution in [1.29, 1.82) is 0 Å². The zero-order valence-electron chi connectivity index (χ0n) is 16.1. The Morgan fingerprint density at radius 3 is 2.62 bits per heavy atom. The minimum atomic E-state index is -0.468. The van der Waals surface area contributed by atoms with Gasteiger partial charge in [-0.3, -0.25) is 24.0 Å². The van der Waals surface area contributed by atoms with Gasteiger partial charge in [0.1, 0.15) is 21.2 Å². The summed E-state index contributed by atoms with van der Waals surface area (Å²) >= 11 is 2.48. The number of carbonyl (C=O) groups is 1. The SMILES string of the molecule is CCc1nnc(NC(=O)CSc2nc(C3CC3)nc3c2c(=O)n(C)c(=O)n3C)s1. The average Bonchev–Trinajstić information content (AvgIpc) is 3.48. The molecule has 0 aliphatic heterocycles. The van der Waals surface area contributed by atoms with Crippen LogP contribution in [0.2, 0.25) is 0 Å². The lowest BCUT2D eigenvalue weighted by Crippen LogP contribution is -2.37. The fraction of sp³-hybridized carbons (Fsp3) is 0.471. The number of carbonyl (C=O) groups excluding carboxylic acids is 1. The van der Waals surface area contributed by atoms with Gasteiger partial charge in [-0.1, -0.05) is 30.0 Å². The van der Waals surface area contributed by atoms with Crippen molar-refractivity contribution in [3.8, 4) is 0 Å². The molecule has 3 aromatic heterocycles. The molecule has 1 saturated carbocycles. The Morgan fingerprint density at radius 1 is 1.21 bits per heavy atom. The molecule has 1 fully saturated rings. The van der Waals surface area contributed by atoms with E-state index in [4.69, 9.17) is 0 Å². The van der Waals surface area contributed by atoms with E-state index in [1.807, 2.05) is 6.92 Å². The Morgan fingerprint density at radius 2 is 1.97 bits per heavy atom. The summed E-state index contributed by atoms with van der Waals surface area (Å²) in [4.78, 5) is 46.4. The van der Waals surface area contributed by atoms with Crippen LogP contribution in [0.1, 0.15) is 36.5 Å². The van der Waals surface area contributed by atoms with Crippen LogP contribution in [0.15, 0.2) is 14.6 Å². The van der Waals surface area contributed by atoms with Gasteiger partial charge in [0.05, 0.1) is 5.75 Å². The van der Waals surface area contributed by atoms with Gasteiger partial charge < -0.3 is 0 Å². The summed E-state index contributed by atoms with van der Waals surface area (Å²) in [7, 11) is 3.00. The van der Waals surface area contributed by atoms with Crippen molar-refractivity contribution in [1.82, 2.24) is 29.3 Å². The van der Waals surface area contributed by atoms with Crippen LogP contribution in [0.3, 0.4) is 0 Å². The summed E-state index contributed by atoms with van der Waals surface area (Å²) in [6.45, 7) is 1.97. The van der Waals surface area contributed by atoms with Gasteiger partial charge >= 0.3 is 5.69 Å². The molecule has 0 aromatic carbocycles. The van der Waals surface area contributed by atoms with Crippen LogP contribution in [0.5, 0.6) is 0 Å². The monoisotopic (exact) mass is 433 g/mol. The number of rotatable bonds is 6. The molecular formula is C17H19N7O3S2. The number of thioether (sulfide) groups is 1. The van der Waals surface area contributed by atoms with Gasteiger partial charge in [-0.2, -0.15) is 0 Å². The van der Waals surface area contributed by atoms with E-state index in [-0.39, 0.29) is 23.0 Å². The van der Waals surface area contributed by atoms with Gasteiger partial charge in [-0.25, -0.2) is 14.8 Å². The molecule has 10 nitrogen and oxygen atoms in total. The Kier molecular flexibility index (Phi) is 5.21. The van der Waals surface area contributed by atoms with E-state index >= 15 is 0 Å². The van der Waals surface area contributed by atoms with Crippen molar-refractivity contribution in [3.63, 3.8) is 0 Å². The second-order valence-corrected chi connectivity index (χ2v) is 8.78. The second kappa shape index (κ2) is 7.67. The fourth-order valence-electron chi connectivity index (χ4n) is 2.81. The summed E-state index contributed by atoms with van der Waals surface area (Å²) in [6, 6.07) is 0. The first kappa shape index (κ1) is 19.7. The number of aryl methyl sites for hydroxylation is 2. The first-order valence-electron chi connectivity index (χ1n) is 9.11. The standard InChI is InChI=1S/C17H19N7O3S2/c1-4-10-21-22-16(29-10)18-9(25)7-28-14-11-13(19-12(20-14)8-5-6-8)23(2)17(27)24(3)15(11)26/h8H,4-7H2,1-3H3,(H,18,22,25). The maximum Gasteiger partial charge on any atom is 0.332 e. The first-order chi connectivity index (χ1) is 13.9. The highest BCUT2D eigenvalue weighted by Crippen LogP contribution is 2.39. The van der Waals surface area contributed by atoms with E-state index in [1.54, 1.807) is 7.05 Å². The largest absolute Gasteiger partial charge is 0.332 e. The van der Waals surface area contributed by atoms with Gasteiger partial charge in [0.25, 0.3) is 5.56 Å². The zero-order valence-corrected chi connectivity index (χ0v) is 17.8. The molecule has 0 spiro atoms. The van der Waals surface area contributed by atoms with E-state index < -0.39 is 11.2 Å². The zero-order chi connectivity index (χ0) is 20.7. The lowest BCUT2D eigenvalue weighted by atomic mass is 10.3. The van der Waals surface area contributed by atoms with Crippen molar-refractivity contribution in [3.05, 3.63) is 31.7 Å². The number of hydrogen-bond acceptors (Lipinski definition) is 9. The van der Waals surface area contributed by atoms with Crippen LogP contribution in [0.4, 0.5) is 5.13 Å². The van der Waals surface area contributed by atoms with E-state index in [2.05, 4.69) is 25.5 Å². The summed E-state index contributed by atoms with van der Waals surface area (Å²) in [6.07, 6.45) is 2.71. The normalized spacial score (nSPS) is 13.8. The number of aromatic nitrogens is 6. The Hall–Kier alpha value is -2.60. The molecule has 0 unspecified atom stereocenters. The second-order valence-electron chi connectivity index (χ2n) is 6.76. The Balaban J connectivity index is 1.66. The summed E-state index contributed by atoms with van der Waals surface area (Å²) in [5, 5.41) is 12.6. The number of fused-ring (bicyclic) bond motifs is 1. The minimum absolute atomic E-state index is 0.0449. The number of anilines is 1. The highest BCUT2D eigenvalue weighted by atomic mass is 32.2. The van der Waals surface area contributed by atoms with Crippen molar-refractivity contribution >= 4 is 45.2 Å². The molecule has 12 heteroatoms. The fourth-order valence-corrected chi connectivity index (χ4v) is 4.33. The van der Waals surface area contributed by atoms with Crippen molar-refractivity contribution in [2.45, 2.75) is 37.1 Å². The molecule has 3 heterocycles. The number of nitrogens with one attached hydrogen (secondary N) is 1. The molecule has 3 aromatic rings. The molecule has 29 heavy (non-hydrogen) atoms. The molecular weight excluding hydrogens is 414 g/mol. The third kappa shape index (κ3) is 3.81.